The number of hydrogen-bond acceptors (Lipinski definition) is 3. The van der Waals surface area contributed by atoms with E-state index in [2.05, 4.69) is 15.9 Å². The van der Waals surface area contributed by atoms with E-state index in [0.717, 1.165) is 56.8 Å². The monoisotopic (exact) mass is 291 g/mol. The van der Waals surface area contributed by atoms with Gasteiger partial charge in [0.2, 0.25) is 0 Å². The third kappa shape index (κ3) is 3.00. The molecule has 1 aliphatic heterocycles. The van der Waals surface area contributed by atoms with Gasteiger partial charge >= 0.3 is 0 Å². The summed E-state index contributed by atoms with van der Waals surface area (Å²) in [4.78, 5) is 4.68. The van der Waals surface area contributed by atoms with Gasteiger partial charge in [0.1, 0.15) is 5.67 Å². The van der Waals surface area contributed by atoms with Crippen LogP contribution in [-0.2, 0) is 0 Å². The molecule has 2 unspecified atom stereocenters. The molecule has 0 spiro atoms. The zero-order valence-electron chi connectivity index (χ0n) is 12.9. The van der Waals surface area contributed by atoms with Gasteiger partial charge in [0, 0.05) is 32.2 Å². The summed E-state index contributed by atoms with van der Waals surface area (Å²) in [5.74, 6) is 0. The number of alkyl halides is 1. The van der Waals surface area contributed by atoms with Gasteiger partial charge in [-0.05, 0) is 31.9 Å². The van der Waals surface area contributed by atoms with Gasteiger partial charge in [-0.2, -0.15) is 0 Å². The van der Waals surface area contributed by atoms with Crippen LogP contribution in [0.3, 0.4) is 0 Å². The first-order valence-corrected chi connectivity index (χ1v) is 8.10. The lowest BCUT2D eigenvalue weighted by Gasteiger charge is -2.46. The maximum Gasteiger partial charge on any atom is 0.123 e. The lowest BCUT2D eigenvalue weighted by atomic mass is 9.82. The zero-order valence-corrected chi connectivity index (χ0v) is 12.9. The van der Waals surface area contributed by atoms with Crippen LogP contribution in [0, 0.1) is 0 Å². The Morgan fingerprint density at radius 1 is 1.14 bits per heavy atom. The Balaban J connectivity index is 1.64. The molecule has 1 aromatic carbocycles. The summed E-state index contributed by atoms with van der Waals surface area (Å²) in [7, 11) is 0. The molecule has 2 aliphatic rings. The molecule has 1 aromatic rings. The van der Waals surface area contributed by atoms with E-state index in [4.69, 9.17) is 5.73 Å². The highest BCUT2D eigenvalue weighted by Gasteiger charge is 2.41. The van der Waals surface area contributed by atoms with E-state index in [1.165, 1.54) is 0 Å². The number of para-hydroxylation sites is 2. The normalized spacial score (nSPS) is 31.3. The second-order valence-corrected chi connectivity index (χ2v) is 6.62. The van der Waals surface area contributed by atoms with E-state index >= 15 is 0 Å². The summed E-state index contributed by atoms with van der Waals surface area (Å²) in [6.45, 7) is 5.51. The Bertz CT molecular complexity index is 481. The summed E-state index contributed by atoms with van der Waals surface area (Å²) in [6.07, 6.45) is 3.91. The van der Waals surface area contributed by atoms with Crippen LogP contribution < -0.4 is 10.6 Å². The lowest BCUT2D eigenvalue weighted by molar-refractivity contribution is 0.00181. The highest BCUT2D eigenvalue weighted by Crippen LogP contribution is 2.36. The van der Waals surface area contributed by atoms with Gasteiger partial charge in [0.15, 0.2) is 0 Å². The fourth-order valence-corrected chi connectivity index (χ4v) is 3.89. The van der Waals surface area contributed by atoms with E-state index in [1.54, 1.807) is 6.92 Å². The Kier molecular flexibility index (Phi) is 4.07. The molecule has 1 heterocycles. The highest BCUT2D eigenvalue weighted by molar-refractivity contribution is 5.67. The van der Waals surface area contributed by atoms with Crippen molar-refractivity contribution in [3.63, 3.8) is 0 Å². The number of nitrogen functional groups attached to an aromatic ring is 1. The van der Waals surface area contributed by atoms with Crippen molar-refractivity contribution in [1.29, 1.82) is 0 Å². The van der Waals surface area contributed by atoms with Gasteiger partial charge in [0.05, 0.1) is 11.4 Å². The van der Waals surface area contributed by atoms with Crippen LogP contribution in [-0.4, -0.2) is 42.8 Å². The number of benzene rings is 1. The first kappa shape index (κ1) is 14.6. The second-order valence-electron chi connectivity index (χ2n) is 6.62. The topological polar surface area (TPSA) is 32.5 Å². The van der Waals surface area contributed by atoms with Gasteiger partial charge in [-0.25, -0.2) is 4.39 Å². The second kappa shape index (κ2) is 5.84. The fraction of sp³-hybridized carbons (Fsp3) is 0.647. The molecule has 0 aromatic heterocycles. The Morgan fingerprint density at radius 3 is 2.52 bits per heavy atom. The summed E-state index contributed by atoms with van der Waals surface area (Å²) >= 11 is 0. The lowest BCUT2D eigenvalue weighted by Crippen LogP contribution is -2.57. The average Bonchev–Trinajstić information content (AvgIpc) is 2.48. The first-order valence-electron chi connectivity index (χ1n) is 8.10. The SMILES string of the molecule is CC1(F)CCCCC1N1CCN(c2ccccc2N)CC1. The quantitative estimate of drug-likeness (QED) is 0.850. The van der Waals surface area contributed by atoms with Crippen LogP contribution >= 0.6 is 0 Å². The fourth-order valence-electron chi connectivity index (χ4n) is 3.89. The molecule has 0 radical (unpaired) electrons. The molecule has 2 fully saturated rings. The molecular weight excluding hydrogens is 265 g/mol. The average molecular weight is 291 g/mol. The van der Waals surface area contributed by atoms with E-state index in [0.29, 0.717) is 6.42 Å². The number of nitrogens with two attached hydrogens (primary N) is 1. The molecule has 0 bridgehead atoms. The third-order valence-electron chi connectivity index (χ3n) is 5.12. The van der Waals surface area contributed by atoms with Crippen molar-refractivity contribution in [2.45, 2.75) is 44.3 Å². The summed E-state index contributed by atoms with van der Waals surface area (Å²) < 4.78 is 14.7. The minimum absolute atomic E-state index is 0.0986. The van der Waals surface area contributed by atoms with Gasteiger partial charge in [-0.1, -0.05) is 25.0 Å². The van der Waals surface area contributed by atoms with Crippen LogP contribution in [0.5, 0.6) is 0 Å². The van der Waals surface area contributed by atoms with Crippen molar-refractivity contribution >= 4 is 11.4 Å². The smallest absolute Gasteiger partial charge is 0.123 e. The van der Waals surface area contributed by atoms with Crippen LogP contribution in [0.2, 0.25) is 0 Å². The van der Waals surface area contributed by atoms with Crippen molar-refractivity contribution in [3.8, 4) is 0 Å². The maximum atomic E-state index is 14.7. The van der Waals surface area contributed by atoms with Gasteiger partial charge in [-0.15, -0.1) is 0 Å². The van der Waals surface area contributed by atoms with E-state index in [-0.39, 0.29) is 6.04 Å². The minimum Gasteiger partial charge on any atom is -0.397 e. The number of halogens is 1. The summed E-state index contributed by atoms with van der Waals surface area (Å²) in [5.41, 5.74) is 6.98. The number of piperazine rings is 1. The Hall–Kier alpha value is -1.29. The van der Waals surface area contributed by atoms with Crippen LogP contribution in [0.4, 0.5) is 15.8 Å². The molecule has 3 nitrogen and oxygen atoms in total. The molecule has 3 rings (SSSR count). The van der Waals surface area contributed by atoms with E-state index in [1.807, 2.05) is 18.2 Å². The van der Waals surface area contributed by atoms with Crippen molar-refractivity contribution in [2.24, 2.45) is 0 Å². The van der Waals surface area contributed by atoms with E-state index < -0.39 is 5.67 Å². The molecule has 1 aliphatic carbocycles. The largest absolute Gasteiger partial charge is 0.397 e. The molecule has 21 heavy (non-hydrogen) atoms. The van der Waals surface area contributed by atoms with Gasteiger partial charge < -0.3 is 10.6 Å². The Labute approximate surface area is 126 Å². The number of nitrogens with zero attached hydrogens (tertiary/aromatic N) is 2. The standard InChI is InChI=1S/C17H26FN3/c1-17(18)9-5-4-8-16(17)21-12-10-20(11-13-21)15-7-3-2-6-14(15)19/h2-3,6-7,16H,4-5,8-13,19H2,1H3. The van der Waals surface area contributed by atoms with E-state index in [9.17, 15) is 4.39 Å². The number of hydrogen-bond donors (Lipinski definition) is 1. The molecule has 116 valence electrons. The van der Waals surface area contributed by atoms with Crippen molar-refractivity contribution < 1.29 is 4.39 Å². The molecule has 2 N–H and O–H groups in total. The zero-order chi connectivity index (χ0) is 14.9. The molecule has 2 atom stereocenters. The van der Waals surface area contributed by atoms with Gasteiger partial charge in [-0.3, -0.25) is 4.90 Å². The number of anilines is 2. The molecule has 1 saturated heterocycles. The van der Waals surface area contributed by atoms with Crippen molar-refractivity contribution in [1.82, 2.24) is 4.90 Å². The maximum absolute atomic E-state index is 14.7. The number of rotatable bonds is 2. The summed E-state index contributed by atoms with van der Waals surface area (Å²) in [5, 5.41) is 0. The van der Waals surface area contributed by atoms with Crippen LogP contribution in [0.1, 0.15) is 32.6 Å². The first-order chi connectivity index (χ1) is 10.1. The predicted molar refractivity (Wildman–Crippen MR) is 86.4 cm³/mol. The summed E-state index contributed by atoms with van der Waals surface area (Å²) in [6, 6.07) is 8.11. The molecule has 0 amide bonds. The molecule has 4 heteroatoms. The van der Waals surface area contributed by atoms with Crippen LogP contribution in [0.25, 0.3) is 0 Å². The van der Waals surface area contributed by atoms with Crippen molar-refractivity contribution in [3.05, 3.63) is 24.3 Å². The molecule has 1 saturated carbocycles. The van der Waals surface area contributed by atoms with Gasteiger partial charge in [0.25, 0.3) is 0 Å². The van der Waals surface area contributed by atoms with Crippen LogP contribution in [0.15, 0.2) is 24.3 Å². The Morgan fingerprint density at radius 2 is 1.86 bits per heavy atom. The predicted octanol–water partition coefficient (Wildman–Crippen LogP) is 3.06. The molecular formula is C17H26FN3. The van der Waals surface area contributed by atoms with Crippen molar-refractivity contribution in [2.75, 3.05) is 36.8 Å². The minimum atomic E-state index is -1.02. The highest BCUT2D eigenvalue weighted by atomic mass is 19.1. The third-order valence-corrected chi connectivity index (χ3v) is 5.12.